The fourth-order valence-electron chi connectivity index (χ4n) is 3.57. The number of nitrogen functional groups attached to an aromatic ring is 1. The van der Waals surface area contributed by atoms with Crippen molar-refractivity contribution in [2.24, 2.45) is 14.1 Å². The number of nitrogens with zero attached hydrogens (tertiary/aromatic N) is 2. The van der Waals surface area contributed by atoms with Gasteiger partial charge < -0.3 is 10.5 Å². The SMILES string of the molecule is Cn1c(N)c(C(=O)COC(=O)c2cc3c(s2)-c2ccccc2CC3)c(=O)n(C)c1=O. The molecule has 4 rings (SSSR count). The first-order chi connectivity index (χ1) is 14.3. The van der Waals surface area contributed by atoms with Gasteiger partial charge in [0.1, 0.15) is 16.3 Å². The summed E-state index contributed by atoms with van der Waals surface area (Å²) in [6.07, 6.45) is 1.74. The minimum Gasteiger partial charge on any atom is -0.453 e. The molecule has 30 heavy (non-hydrogen) atoms. The number of thiophene rings is 1. The molecule has 0 bridgehead atoms. The van der Waals surface area contributed by atoms with Crippen molar-refractivity contribution in [1.29, 1.82) is 0 Å². The van der Waals surface area contributed by atoms with Gasteiger partial charge >= 0.3 is 11.7 Å². The number of hydrogen-bond donors (Lipinski definition) is 1. The van der Waals surface area contributed by atoms with Gasteiger partial charge in [-0.05, 0) is 35.6 Å². The van der Waals surface area contributed by atoms with E-state index in [1.165, 1.54) is 31.0 Å². The van der Waals surface area contributed by atoms with E-state index in [0.717, 1.165) is 38.0 Å². The predicted octanol–water partition coefficient (Wildman–Crippen LogP) is 1.53. The Labute approximate surface area is 175 Å². The molecule has 0 saturated carbocycles. The van der Waals surface area contributed by atoms with E-state index in [-0.39, 0.29) is 11.4 Å². The topological polar surface area (TPSA) is 113 Å². The molecule has 3 aromatic rings. The molecule has 0 fully saturated rings. The highest BCUT2D eigenvalue weighted by Crippen LogP contribution is 2.39. The Morgan fingerprint density at radius 3 is 2.57 bits per heavy atom. The summed E-state index contributed by atoms with van der Waals surface area (Å²) in [7, 11) is 2.61. The van der Waals surface area contributed by atoms with Crippen molar-refractivity contribution in [2.45, 2.75) is 12.8 Å². The number of hydrogen-bond acceptors (Lipinski definition) is 7. The fourth-order valence-corrected chi connectivity index (χ4v) is 4.73. The fraction of sp³-hybridized carbons (Fsp3) is 0.238. The summed E-state index contributed by atoms with van der Waals surface area (Å²) in [6, 6.07) is 9.85. The van der Waals surface area contributed by atoms with Gasteiger partial charge in [0.2, 0.25) is 5.78 Å². The highest BCUT2D eigenvalue weighted by molar-refractivity contribution is 7.17. The molecular formula is C21H19N3O5S. The lowest BCUT2D eigenvalue weighted by atomic mass is 9.91. The van der Waals surface area contributed by atoms with Gasteiger partial charge in [0.05, 0.1) is 0 Å². The minimum atomic E-state index is -0.820. The van der Waals surface area contributed by atoms with Gasteiger partial charge in [-0.15, -0.1) is 11.3 Å². The van der Waals surface area contributed by atoms with Crippen LogP contribution in [0.4, 0.5) is 5.82 Å². The Morgan fingerprint density at radius 1 is 1.10 bits per heavy atom. The number of Topliss-reactive ketones (excluding diaryl/α,β-unsaturated/α-hetero) is 1. The first-order valence-corrected chi connectivity index (χ1v) is 10.1. The molecule has 0 radical (unpaired) electrons. The second-order valence-corrected chi connectivity index (χ2v) is 8.14. The smallest absolute Gasteiger partial charge is 0.348 e. The van der Waals surface area contributed by atoms with Crippen LogP contribution in [-0.2, 0) is 31.7 Å². The number of aryl methyl sites for hydroxylation is 2. The van der Waals surface area contributed by atoms with E-state index in [4.69, 9.17) is 10.5 Å². The van der Waals surface area contributed by atoms with Crippen molar-refractivity contribution in [3.05, 3.63) is 72.7 Å². The van der Waals surface area contributed by atoms with Crippen LogP contribution in [0.25, 0.3) is 10.4 Å². The number of benzene rings is 1. The first kappa shape index (κ1) is 19.8. The summed E-state index contributed by atoms with van der Waals surface area (Å²) in [5.41, 5.74) is 7.37. The summed E-state index contributed by atoms with van der Waals surface area (Å²) < 4.78 is 6.95. The molecule has 1 aromatic carbocycles. The maximum Gasteiger partial charge on any atom is 0.348 e. The van der Waals surface area contributed by atoms with Crippen molar-refractivity contribution >= 4 is 28.9 Å². The molecule has 154 valence electrons. The molecule has 2 aromatic heterocycles. The quantitative estimate of drug-likeness (QED) is 0.501. The van der Waals surface area contributed by atoms with Crippen LogP contribution in [-0.4, -0.2) is 27.5 Å². The Bertz CT molecular complexity index is 1320. The molecule has 2 heterocycles. The summed E-state index contributed by atoms with van der Waals surface area (Å²) in [5.74, 6) is -1.66. The monoisotopic (exact) mass is 425 g/mol. The molecule has 2 N–H and O–H groups in total. The van der Waals surface area contributed by atoms with Crippen LogP contribution in [0.3, 0.4) is 0 Å². The molecular weight excluding hydrogens is 406 g/mol. The lowest BCUT2D eigenvalue weighted by Gasteiger charge is -2.15. The zero-order chi connectivity index (χ0) is 21.6. The summed E-state index contributed by atoms with van der Waals surface area (Å²) in [6.45, 7) is -0.643. The van der Waals surface area contributed by atoms with Gasteiger partial charge in [-0.25, -0.2) is 9.59 Å². The van der Waals surface area contributed by atoms with Crippen LogP contribution in [0.15, 0.2) is 39.9 Å². The second-order valence-electron chi connectivity index (χ2n) is 7.09. The van der Waals surface area contributed by atoms with Crippen LogP contribution in [0.2, 0.25) is 0 Å². The van der Waals surface area contributed by atoms with Crippen molar-refractivity contribution in [2.75, 3.05) is 12.3 Å². The maximum absolute atomic E-state index is 12.5. The van der Waals surface area contributed by atoms with E-state index in [1.807, 2.05) is 18.2 Å². The lowest BCUT2D eigenvalue weighted by Crippen LogP contribution is -2.42. The predicted molar refractivity (Wildman–Crippen MR) is 113 cm³/mol. The van der Waals surface area contributed by atoms with Crippen LogP contribution in [0.1, 0.15) is 31.2 Å². The number of anilines is 1. The average molecular weight is 425 g/mol. The first-order valence-electron chi connectivity index (χ1n) is 9.26. The minimum absolute atomic E-state index is 0.257. The van der Waals surface area contributed by atoms with Gasteiger partial charge in [-0.2, -0.15) is 0 Å². The summed E-state index contributed by atoms with van der Waals surface area (Å²) >= 11 is 1.32. The Balaban J connectivity index is 1.55. The molecule has 0 amide bonds. The van der Waals surface area contributed by atoms with Crippen LogP contribution in [0, 0.1) is 0 Å². The van der Waals surface area contributed by atoms with E-state index in [1.54, 1.807) is 6.07 Å². The van der Waals surface area contributed by atoms with E-state index < -0.39 is 29.6 Å². The molecule has 0 atom stereocenters. The van der Waals surface area contributed by atoms with Gasteiger partial charge in [0, 0.05) is 19.0 Å². The zero-order valence-electron chi connectivity index (χ0n) is 16.4. The summed E-state index contributed by atoms with van der Waals surface area (Å²) in [4.78, 5) is 50.6. The number of aromatic nitrogens is 2. The second kappa shape index (κ2) is 7.42. The van der Waals surface area contributed by atoms with Crippen LogP contribution in [0.5, 0.6) is 0 Å². The van der Waals surface area contributed by atoms with E-state index >= 15 is 0 Å². The van der Waals surface area contributed by atoms with Gasteiger partial charge in [0.15, 0.2) is 6.61 Å². The van der Waals surface area contributed by atoms with E-state index in [9.17, 15) is 19.2 Å². The standard InChI is InChI=1S/C21H19N3O5S/c1-23-18(22)16(19(26)24(2)21(23)28)14(25)10-29-20(27)15-9-12-8-7-11-5-3-4-6-13(11)17(12)30-15/h3-6,9H,7-8,10,22H2,1-2H3. The molecule has 1 aliphatic carbocycles. The highest BCUT2D eigenvalue weighted by atomic mass is 32.1. The average Bonchev–Trinajstić information content (AvgIpc) is 3.20. The number of ether oxygens (including phenoxy) is 1. The van der Waals surface area contributed by atoms with E-state index in [2.05, 4.69) is 6.07 Å². The van der Waals surface area contributed by atoms with Crippen molar-refractivity contribution in [1.82, 2.24) is 9.13 Å². The number of ketones is 1. The van der Waals surface area contributed by atoms with Crippen LogP contribution < -0.4 is 17.0 Å². The lowest BCUT2D eigenvalue weighted by molar-refractivity contribution is 0.0479. The van der Waals surface area contributed by atoms with Crippen molar-refractivity contribution < 1.29 is 14.3 Å². The number of carbonyl (C=O) groups excluding carboxylic acids is 2. The molecule has 1 aliphatic rings. The van der Waals surface area contributed by atoms with Gasteiger partial charge in [-0.1, -0.05) is 24.3 Å². The molecule has 0 spiro atoms. The largest absolute Gasteiger partial charge is 0.453 e. The molecule has 9 heteroatoms. The third-order valence-electron chi connectivity index (χ3n) is 5.26. The van der Waals surface area contributed by atoms with Crippen molar-refractivity contribution in [3.63, 3.8) is 0 Å². The maximum atomic E-state index is 12.5. The normalized spacial score (nSPS) is 12.2. The highest BCUT2D eigenvalue weighted by Gasteiger charge is 2.24. The Morgan fingerprint density at radius 2 is 1.80 bits per heavy atom. The van der Waals surface area contributed by atoms with Crippen LogP contribution >= 0.6 is 11.3 Å². The molecule has 0 unspecified atom stereocenters. The third-order valence-corrected chi connectivity index (χ3v) is 6.45. The number of carbonyl (C=O) groups is 2. The zero-order valence-corrected chi connectivity index (χ0v) is 17.2. The Kier molecular flexibility index (Phi) is 4.90. The molecule has 0 aliphatic heterocycles. The number of rotatable bonds is 4. The number of nitrogens with two attached hydrogens (primary N) is 1. The third kappa shape index (κ3) is 3.17. The number of fused-ring (bicyclic) bond motifs is 3. The molecule has 8 nitrogen and oxygen atoms in total. The Hall–Kier alpha value is -3.46. The van der Waals surface area contributed by atoms with Crippen molar-refractivity contribution in [3.8, 4) is 10.4 Å². The molecule has 0 saturated heterocycles. The van der Waals surface area contributed by atoms with Gasteiger partial charge in [-0.3, -0.25) is 18.7 Å². The van der Waals surface area contributed by atoms with E-state index in [0.29, 0.717) is 4.88 Å². The summed E-state index contributed by atoms with van der Waals surface area (Å²) in [5, 5.41) is 0. The number of esters is 1. The van der Waals surface area contributed by atoms with Gasteiger partial charge in [0.25, 0.3) is 5.56 Å².